The van der Waals surface area contributed by atoms with Crippen LogP contribution in [0.15, 0.2) is 48.5 Å². The number of hydrogen-bond donors (Lipinski definition) is 1. The third kappa shape index (κ3) is 3.43. The first kappa shape index (κ1) is 19.0. The molecule has 0 spiro atoms. The Morgan fingerprint density at radius 2 is 1.84 bits per heavy atom. The van der Waals surface area contributed by atoms with Crippen LogP contribution in [-0.4, -0.2) is 62.8 Å². The quantitative estimate of drug-likeness (QED) is 0.711. The monoisotopic (exact) mass is 415 g/mol. The second-order valence-electron chi connectivity index (χ2n) is 9.55. The Morgan fingerprint density at radius 3 is 2.74 bits per heavy atom. The lowest BCUT2D eigenvalue weighted by Crippen LogP contribution is -2.64. The van der Waals surface area contributed by atoms with Crippen molar-refractivity contribution in [3.05, 3.63) is 59.7 Å². The van der Waals surface area contributed by atoms with Crippen LogP contribution in [0.1, 0.15) is 41.6 Å². The second kappa shape index (κ2) is 7.75. The topological polar surface area (TPSA) is 65.1 Å². The van der Waals surface area contributed by atoms with Crippen molar-refractivity contribution < 1.29 is 4.79 Å². The van der Waals surface area contributed by atoms with E-state index >= 15 is 0 Å². The van der Waals surface area contributed by atoms with Gasteiger partial charge in [-0.2, -0.15) is 15.4 Å². The van der Waals surface area contributed by atoms with E-state index < -0.39 is 0 Å². The molecule has 0 radical (unpaired) electrons. The molecule has 3 saturated heterocycles. The van der Waals surface area contributed by atoms with Crippen molar-refractivity contribution in [3.8, 4) is 0 Å². The van der Waals surface area contributed by atoms with Crippen LogP contribution < -0.4 is 0 Å². The molecule has 3 aromatic rings. The molecule has 6 nitrogen and oxygen atoms in total. The summed E-state index contributed by atoms with van der Waals surface area (Å²) in [5.41, 5.74) is 3.69. The van der Waals surface area contributed by atoms with Crippen LogP contribution in [0.25, 0.3) is 11.0 Å². The van der Waals surface area contributed by atoms with Crippen molar-refractivity contribution in [1.82, 2.24) is 25.2 Å². The summed E-state index contributed by atoms with van der Waals surface area (Å²) in [6.07, 6.45) is 6.24. The number of benzene rings is 2. The van der Waals surface area contributed by atoms with Crippen molar-refractivity contribution in [1.29, 1.82) is 0 Å². The van der Waals surface area contributed by atoms with Crippen molar-refractivity contribution >= 4 is 16.9 Å². The molecule has 0 unspecified atom stereocenters. The number of piperidine rings is 3. The van der Waals surface area contributed by atoms with Gasteiger partial charge in [-0.25, -0.2) is 0 Å². The number of H-pyrrole nitrogens is 1. The molecule has 0 saturated carbocycles. The maximum Gasteiger partial charge on any atom is 0.253 e. The first-order valence-electron chi connectivity index (χ1n) is 11.7. The highest BCUT2D eigenvalue weighted by molar-refractivity contribution is 5.97. The minimum absolute atomic E-state index is 0.141. The van der Waals surface area contributed by atoms with Crippen LogP contribution >= 0.6 is 0 Å². The average molecular weight is 416 g/mol. The molecular formula is C25H29N5O. The molecule has 2 aromatic carbocycles. The van der Waals surface area contributed by atoms with Gasteiger partial charge in [0.1, 0.15) is 11.0 Å². The van der Waals surface area contributed by atoms with Crippen LogP contribution in [0.3, 0.4) is 0 Å². The molecule has 0 aliphatic carbocycles. The van der Waals surface area contributed by atoms with Crippen molar-refractivity contribution in [2.45, 2.75) is 44.2 Å². The fourth-order valence-electron chi connectivity index (χ4n) is 6.37. The van der Waals surface area contributed by atoms with Crippen LogP contribution in [0.5, 0.6) is 0 Å². The SMILES string of the molecule is O=C(c1ccc2n[nH]nc2c1)N1C[C@H]2C[C@@H](C1)[C@H](Cc1ccccc1)N1CCCC[C@@H]21. The van der Waals surface area contributed by atoms with E-state index in [1.165, 1.54) is 37.8 Å². The van der Waals surface area contributed by atoms with Gasteiger partial charge in [-0.15, -0.1) is 0 Å². The summed E-state index contributed by atoms with van der Waals surface area (Å²) >= 11 is 0. The van der Waals surface area contributed by atoms with Gasteiger partial charge in [0, 0.05) is 30.7 Å². The van der Waals surface area contributed by atoms with Crippen LogP contribution in [0.4, 0.5) is 0 Å². The molecule has 3 aliphatic heterocycles. The largest absolute Gasteiger partial charge is 0.338 e. The van der Waals surface area contributed by atoms with E-state index in [2.05, 4.69) is 55.5 Å². The predicted molar refractivity (Wildman–Crippen MR) is 120 cm³/mol. The molecule has 1 amide bonds. The highest BCUT2D eigenvalue weighted by Crippen LogP contribution is 2.42. The number of nitrogens with one attached hydrogen (secondary N) is 1. The fourth-order valence-corrected chi connectivity index (χ4v) is 6.37. The Bertz CT molecular complexity index is 1080. The molecule has 6 rings (SSSR count). The van der Waals surface area contributed by atoms with Crippen LogP contribution in [0, 0.1) is 11.8 Å². The van der Waals surface area contributed by atoms with Gasteiger partial charge >= 0.3 is 0 Å². The molecule has 4 atom stereocenters. The van der Waals surface area contributed by atoms with E-state index in [-0.39, 0.29) is 5.91 Å². The zero-order chi connectivity index (χ0) is 20.8. The number of rotatable bonds is 3. The third-order valence-electron chi connectivity index (χ3n) is 7.76. The molecule has 160 valence electrons. The summed E-state index contributed by atoms with van der Waals surface area (Å²) in [4.78, 5) is 18.4. The highest BCUT2D eigenvalue weighted by atomic mass is 16.2. The summed E-state index contributed by atoms with van der Waals surface area (Å²) in [6.45, 7) is 2.95. The van der Waals surface area contributed by atoms with E-state index in [1.807, 2.05) is 18.2 Å². The summed E-state index contributed by atoms with van der Waals surface area (Å²) in [7, 11) is 0. The molecular weight excluding hydrogens is 386 g/mol. The van der Waals surface area contributed by atoms with Crippen LogP contribution in [-0.2, 0) is 6.42 Å². The Morgan fingerprint density at radius 1 is 1.00 bits per heavy atom. The maximum absolute atomic E-state index is 13.5. The number of nitrogens with zero attached hydrogens (tertiary/aromatic N) is 4. The summed E-state index contributed by atoms with van der Waals surface area (Å²) in [5, 5.41) is 10.9. The standard InChI is InChI=1S/C25H29N5O/c31-25(18-9-10-21-22(14-18)27-28-26-21)29-15-19-13-20(16-29)24(12-17-6-2-1-3-7-17)30-11-5-4-8-23(19)30/h1-3,6-7,9-10,14,19-20,23-24H,4-5,8,11-13,15-16H2,(H,26,27,28)/t19-,20+,23+,24+/m1/s1. The van der Waals surface area contributed by atoms with E-state index in [0.717, 1.165) is 36.1 Å². The summed E-state index contributed by atoms with van der Waals surface area (Å²) < 4.78 is 0. The van der Waals surface area contributed by atoms with Crippen molar-refractivity contribution in [2.75, 3.05) is 19.6 Å². The number of carbonyl (C=O) groups is 1. The van der Waals surface area contributed by atoms with Crippen LogP contribution in [0.2, 0.25) is 0 Å². The minimum atomic E-state index is 0.141. The molecule has 3 aliphatic rings. The molecule has 31 heavy (non-hydrogen) atoms. The van der Waals surface area contributed by atoms with Gasteiger partial charge in [0.2, 0.25) is 0 Å². The lowest BCUT2D eigenvalue weighted by atomic mass is 9.71. The number of aromatic nitrogens is 3. The smallest absolute Gasteiger partial charge is 0.253 e. The third-order valence-corrected chi connectivity index (χ3v) is 7.76. The van der Waals surface area contributed by atoms with E-state index in [9.17, 15) is 4.79 Å². The Balaban J connectivity index is 1.28. The molecule has 6 heteroatoms. The number of aromatic amines is 1. The van der Waals surface area contributed by atoms with Gasteiger partial charge < -0.3 is 4.90 Å². The number of hydrogen-bond acceptors (Lipinski definition) is 4. The van der Waals surface area contributed by atoms with Gasteiger partial charge in [-0.3, -0.25) is 9.69 Å². The number of likely N-dealkylation sites (tertiary alicyclic amines) is 1. The first-order valence-corrected chi connectivity index (χ1v) is 11.7. The Labute approximate surface area is 182 Å². The zero-order valence-electron chi connectivity index (χ0n) is 17.8. The highest BCUT2D eigenvalue weighted by Gasteiger charge is 2.47. The van der Waals surface area contributed by atoms with Gasteiger partial charge in [-0.1, -0.05) is 36.8 Å². The van der Waals surface area contributed by atoms with Gasteiger partial charge in [-0.05, 0) is 67.8 Å². The van der Waals surface area contributed by atoms with Crippen molar-refractivity contribution in [3.63, 3.8) is 0 Å². The summed E-state index contributed by atoms with van der Waals surface area (Å²) in [5.74, 6) is 1.26. The number of carbonyl (C=O) groups excluding carboxylic acids is 1. The second-order valence-corrected chi connectivity index (χ2v) is 9.55. The number of amides is 1. The van der Waals surface area contributed by atoms with E-state index in [1.54, 1.807) is 0 Å². The molecule has 1 aromatic heterocycles. The summed E-state index contributed by atoms with van der Waals surface area (Å²) in [6, 6.07) is 17.7. The predicted octanol–water partition coefficient (Wildman–Crippen LogP) is 3.52. The maximum atomic E-state index is 13.5. The number of fused-ring (bicyclic) bond motifs is 5. The average Bonchev–Trinajstić information content (AvgIpc) is 3.30. The lowest BCUT2D eigenvalue weighted by Gasteiger charge is -2.57. The van der Waals surface area contributed by atoms with E-state index in [0.29, 0.717) is 23.9 Å². The van der Waals surface area contributed by atoms with E-state index in [4.69, 9.17) is 0 Å². The van der Waals surface area contributed by atoms with Gasteiger partial charge in [0.25, 0.3) is 5.91 Å². The van der Waals surface area contributed by atoms with Gasteiger partial charge in [0.15, 0.2) is 0 Å². The Kier molecular flexibility index (Phi) is 4.75. The molecule has 4 heterocycles. The van der Waals surface area contributed by atoms with Crippen molar-refractivity contribution in [2.24, 2.45) is 11.8 Å². The first-order chi connectivity index (χ1) is 15.3. The molecule has 2 bridgehead atoms. The normalized spacial score (nSPS) is 28.5. The lowest BCUT2D eigenvalue weighted by molar-refractivity contribution is -0.0642. The minimum Gasteiger partial charge on any atom is -0.338 e. The van der Waals surface area contributed by atoms with Gasteiger partial charge in [0.05, 0.1) is 0 Å². The molecule has 3 fully saturated rings. The Hall–Kier alpha value is -2.73. The molecule has 1 N–H and O–H groups in total. The zero-order valence-corrected chi connectivity index (χ0v) is 17.8. The fraction of sp³-hybridized carbons (Fsp3) is 0.480.